The summed E-state index contributed by atoms with van der Waals surface area (Å²) in [6.45, 7) is 0. The van der Waals surface area contributed by atoms with Gasteiger partial charge >= 0.3 is 0 Å². The molecule has 0 aliphatic rings. The lowest BCUT2D eigenvalue weighted by molar-refractivity contribution is 0.373. The fraction of sp³-hybridized carbons (Fsp3) is 0.0714. The Balaban J connectivity index is 1.97. The number of methoxy groups -OCH3 is 1. The van der Waals surface area contributed by atoms with Gasteiger partial charge in [-0.2, -0.15) is 9.78 Å². The van der Waals surface area contributed by atoms with Gasteiger partial charge in [0.25, 0.3) is 0 Å². The maximum absolute atomic E-state index is 9.58. The molecule has 22 heavy (non-hydrogen) atoms. The molecule has 7 nitrogen and oxygen atoms in total. The third kappa shape index (κ3) is 2.63. The molecule has 0 saturated heterocycles. The standard InChI is InChI=1S/C14H12N4O3S/c1-20-12-7-9(4-5-10(12)19)8-15-18-13(16-17-14(18)22)11-3-2-6-21-11/h2-8,19H,1H3,(H,17,22). The molecule has 0 radical (unpaired) electrons. The second kappa shape index (κ2) is 5.86. The van der Waals surface area contributed by atoms with Crippen molar-refractivity contribution in [2.24, 2.45) is 5.10 Å². The molecule has 0 spiro atoms. The summed E-state index contributed by atoms with van der Waals surface area (Å²) in [5.41, 5.74) is 0.739. The van der Waals surface area contributed by atoms with Crippen molar-refractivity contribution >= 4 is 18.4 Å². The Labute approximate surface area is 130 Å². The molecule has 3 rings (SSSR count). The summed E-state index contributed by atoms with van der Waals surface area (Å²) in [6.07, 6.45) is 3.13. The van der Waals surface area contributed by atoms with Crippen LogP contribution in [0.15, 0.2) is 46.1 Å². The normalized spacial score (nSPS) is 11.1. The molecule has 0 bridgehead atoms. The molecule has 0 aliphatic carbocycles. The summed E-state index contributed by atoms with van der Waals surface area (Å²) < 4.78 is 12.2. The lowest BCUT2D eigenvalue weighted by atomic mass is 10.2. The van der Waals surface area contributed by atoms with Gasteiger partial charge in [-0.05, 0) is 48.1 Å². The maximum Gasteiger partial charge on any atom is 0.219 e. The van der Waals surface area contributed by atoms with Gasteiger partial charge in [0.15, 0.2) is 17.3 Å². The molecule has 2 aromatic heterocycles. The smallest absolute Gasteiger partial charge is 0.219 e. The zero-order valence-electron chi connectivity index (χ0n) is 11.6. The van der Waals surface area contributed by atoms with Crippen LogP contribution in [0.25, 0.3) is 11.6 Å². The SMILES string of the molecule is COc1cc(C=Nn2c(-c3ccco3)n[nH]c2=S)ccc1O. The van der Waals surface area contributed by atoms with Crippen LogP contribution in [0.5, 0.6) is 11.5 Å². The highest BCUT2D eigenvalue weighted by molar-refractivity contribution is 7.71. The number of nitrogens with one attached hydrogen (secondary N) is 1. The van der Waals surface area contributed by atoms with Gasteiger partial charge in [-0.25, -0.2) is 5.10 Å². The third-order valence-corrected chi connectivity index (χ3v) is 3.18. The number of nitrogens with zero attached hydrogens (tertiary/aromatic N) is 3. The van der Waals surface area contributed by atoms with Crippen LogP contribution >= 0.6 is 12.2 Å². The fourth-order valence-electron chi connectivity index (χ4n) is 1.86. The number of H-pyrrole nitrogens is 1. The molecular weight excluding hydrogens is 304 g/mol. The number of phenolic OH excluding ortho intramolecular Hbond substituents is 1. The number of hydrogen-bond donors (Lipinski definition) is 2. The van der Waals surface area contributed by atoms with Crippen LogP contribution in [0.4, 0.5) is 0 Å². The van der Waals surface area contributed by atoms with Gasteiger partial charge in [-0.1, -0.05) is 0 Å². The number of aromatic nitrogens is 3. The second-order valence-corrected chi connectivity index (χ2v) is 4.70. The minimum Gasteiger partial charge on any atom is -0.504 e. The van der Waals surface area contributed by atoms with E-state index in [1.165, 1.54) is 17.9 Å². The highest BCUT2D eigenvalue weighted by Gasteiger charge is 2.10. The topological polar surface area (TPSA) is 88.6 Å². The van der Waals surface area contributed by atoms with E-state index in [1.54, 1.807) is 36.7 Å². The highest BCUT2D eigenvalue weighted by atomic mass is 32.1. The average Bonchev–Trinajstić information content (AvgIpc) is 3.16. The van der Waals surface area contributed by atoms with Gasteiger partial charge in [0.05, 0.1) is 19.6 Å². The minimum atomic E-state index is 0.0656. The Bertz CT molecular complexity index is 865. The van der Waals surface area contributed by atoms with Crippen LogP contribution in [0.2, 0.25) is 0 Å². The highest BCUT2D eigenvalue weighted by Crippen LogP contribution is 2.25. The average molecular weight is 316 g/mol. The van der Waals surface area contributed by atoms with Crippen molar-refractivity contribution < 1.29 is 14.3 Å². The first-order valence-corrected chi connectivity index (χ1v) is 6.72. The van der Waals surface area contributed by atoms with Crippen molar-refractivity contribution in [1.29, 1.82) is 0 Å². The zero-order valence-corrected chi connectivity index (χ0v) is 12.4. The molecule has 0 atom stereocenters. The van der Waals surface area contributed by atoms with E-state index in [-0.39, 0.29) is 5.75 Å². The van der Waals surface area contributed by atoms with E-state index in [2.05, 4.69) is 15.3 Å². The summed E-state index contributed by atoms with van der Waals surface area (Å²) in [5, 5.41) is 20.6. The third-order valence-electron chi connectivity index (χ3n) is 2.92. The minimum absolute atomic E-state index is 0.0656. The van der Waals surface area contributed by atoms with Crippen LogP contribution in [0.3, 0.4) is 0 Å². The molecule has 8 heteroatoms. The van der Waals surface area contributed by atoms with Gasteiger partial charge in [0.2, 0.25) is 10.6 Å². The monoisotopic (exact) mass is 316 g/mol. The summed E-state index contributed by atoms with van der Waals surface area (Å²) in [7, 11) is 1.48. The first-order chi connectivity index (χ1) is 10.7. The number of furan rings is 1. The first kappa shape index (κ1) is 14.1. The molecule has 3 aromatic rings. The Morgan fingerprint density at radius 3 is 3.05 bits per heavy atom. The summed E-state index contributed by atoms with van der Waals surface area (Å²) >= 11 is 5.16. The largest absolute Gasteiger partial charge is 0.504 e. The molecule has 0 fully saturated rings. The Morgan fingerprint density at radius 2 is 2.32 bits per heavy atom. The van der Waals surface area contributed by atoms with Gasteiger partial charge in [0, 0.05) is 0 Å². The van der Waals surface area contributed by atoms with E-state index >= 15 is 0 Å². The lowest BCUT2D eigenvalue weighted by Crippen LogP contribution is -1.94. The van der Waals surface area contributed by atoms with Crippen molar-refractivity contribution in [1.82, 2.24) is 14.9 Å². The first-order valence-electron chi connectivity index (χ1n) is 6.31. The quantitative estimate of drug-likeness (QED) is 0.571. The van der Waals surface area contributed by atoms with Gasteiger partial charge < -0.3 is 14.3 Å². The molecule has 2 N–H and O–H groups in total. The van der Waals surface area contributed by atoms with Crippen molar-refractivity contribution in [2.45, 2.75) is 0 Å². The fourth-order valence-corrected chi connectivity index (χ4v) is 2.04. The molecule has 2 heterocycles. The summed E-state index contributed by atoms with van der Waals surface area (Å²) in [5.74, 6) is 1.45. The van der Waals surface area contributed by atoms with Crippen molar-refractivity contribution in [3.63, 3.8) is 0 Å². The molecule has 0 unspecified atom stereocenters. The molecule has 0 amide bonds. The zero-order chi connectivity index (χ0) is 15.5. The van der Waals surface area contributed by atoms with Gasteiger partial charge in [-0.15, -0.1) is 5.10 Å². The number of aromatic amines is 1. The van der Waals surface area contributed by atoms with E-state index < -0.39 is 0 Å². The Morgan fingerprint density at radius 1 is 1.45 bits per heavy atom. The molecule has 0 saturated carbocycles. The van der Waals surface area contributed by atoms with E-state index in [9.17, 15) is 5.11 Å². The van der Waals surface area contributed by atoms with Gasteiger partial charge in [-0.3, -0.25) is 0 Å². The number of hydrogen-bond acceptors (Lipinski definition) is 6. The number of phenols is 1. The van der Waals surface area contributed by atoms with Crippen molar-refractivity contribution in [2.75, 3.05) is 7.11 Å². The number of rotatable bonds is 4. The van der Waals surface area contributed by atoms with Crippen LogP contribution in [-0.4, -0.2) is 33.3 Å². The van der Waals surface area contributed by atoms with E-state index in [1.807, 2.05) is 0 Å². The predicted octanol–water partition coefficient (Wildman–Crippen LogP) is 2.80. The van der Waals surface area contributed by atoms with E-state index in [4.69, 9.17) is 21.4 Å². The number of ether oxygens (including phenoxy) is 1. The molecule has 0 aliphatic heterocycles. The van der Waals surface area contributed by atoms with Gasteiger partial charge in [0.1, 0.15) is 0 Å². The van der Waals surface area contributed by atoms with Crippen LogP contribution < -0.4 is 4.74 Å². The Kier molecular flexibility index (Phi) is 3.75. The summed E-state index contributed by atoms with van der Waals surface area (Å²) in [6, 6.07) is 8.42. The lowest BCUT2D eigenvalue weighted by Gasteiger charge is -2.03. The van der Waals surface area contributed by atoms with Crippen LogP contribution in [-0.2, 0) is 0 Å². The van der Waals surface area contributed by atoms with Crippen LogP contribution in [0.1, 0.15) is 5.56 Å². The maximum atomic E-state index is 9.58. The number of aromatic hydroxyl groups is 1. The van der Waals surface area contributed by atoms with E-state index in [0.29, 0.717) is 22.1 Å². The van der Waals surface area contributed by atoms with Crippen LogP contribution in [0, 0.1) is 4.77 Å². The van der Waals surface area contributed by atoms with Crippen molar-refractivity contribution in [3.05, 3.63) is 46.9 Å². The Hall–Kier alpha value is -2.87. The van der Waals surface area contributed by atoms with E-state index in [0.717, 1.165) is 5.56 Å². The second-order valence-electron chi connectivity index (χ2n) is 4.32. The molecule has 1 aromatic carbocycles. The predicted molar refractivity (Wildman–Crippen MR) is 82.8 cm³/mol. The molecule has 112 valence electrons. The molecular formula is C14H12N4O3S. The summed E-state index contributed by atoms with van der Waals surface area (Å²) in [4.78, 5) is 0. The number of benzene rings is 1. The van der Waals surface area contributed by atoms with Crippen molar-refractivity contribution in [3.8, 4) is 23.1 Å².